The summed E-state index contributed by atoms with van der Waals surface area (Å²) in [5.41, 5.74) is 1.07. The van der Waals surface area contributed by atoms with Crippen LogP contribution in [0.3, 0.4) is 0 Å². The van der Waals surface area contributed by atoms with Crippen LogP contribution in [0.25, 0.3) is 0 Å². The van der Waals surface area contributed by atoms with E-state index in [1.807, 2.05) is 0 Å². The first-order chi connectivity index (χ1) is 8.34. The van der Waals surface area contributed by atoms with Crippen LogP contribution in [0.4, 0.5) is 5.69 Å². The van der Waals surface area contributed by atoms with Gasteiger partial charge < -0.3 is 10.4 Å². The molecule has 0 spiro atoms. The number of halogens is 3. The number of aliphatic carboxylic acids is 1. The van der Waals surface area contributed by atoms with Crippen molar-refractivity contribution in [3.8, 4) is 0 Å². The molecule has 0 saturated heterocycles. The Kier molecular flexibility index (Phi) is 5.02. The zero-order valence-electron chi connectivity index (χ0n) is 9.13. The lowest BCUT2D eigenvalue weighted by atomic mass is 10.2. The number of anilines is 1. The van der Waals surface area contributed by atoms with Gasteiger partial charge in [-0.2, -0.15) is 0 Å². The summed E-state index contributed by atoms with van der Waals surface area (Å²) in [7, 11) is 0. The van der Waals surface area contributed by atoms with E-state index < -0.39 is 21.9 Å². The highest BCUT2D eigenvalue weighted by atomic mass is 35.5. The van der Waals surface area contributed by atoms with Crippen LogP contribution in [0.5, 0.6) is 0 Å². The van der Waals surface area contributed by atoms with E-state index in [2.05, 4.69) is 5.32 Å². The van der Waals surface area contributed by atoms with Crippen LogP contribution in [-0.4, -0.2) is 17.0 Å². The van der Waals surface area contributed by atoms with Gasteiger partial charge in [-0.05, 0) is 24.6 Å². The van der Waals surface area contributed by atoms with E-state index in [1.54, 1.807) is 25.1 Å². The van der Waals surface area contributed by atoms with Crippen molar-refractivity contribution in [1.29, 1.82) is 0 Å². The second kappa shape index (κ2) is 6.09. The summed E-state index contributed by atoms with van der Waals surface area (Å²) in [5, 5.41) is 10.2. The zero-order valence-corrected chi connectivity index (χ0v) is 11.4. The third-order valence-corrected chi connectivity index (χ3v) is 3.31. The van der Waals surface area contributed by atoms with Gasteiger partial charge in [0.05, 0.1) is 0 Å². The molecule has 0 saturated carbocycles. The van der Waals surface area contributed by atoms with Gasteiger partial charge in [0.1, 0.15) is 10.1 Å². The van der Waals surface area contributed by atoms with Crippen molar-refractivity contribution in [2.45, 2.75) is 6.92 Å². The highest BCUT2D eigenvalue weighted by Crippen LogP contribution is 2.24. The molecular formula is C11H8Cl3NO3. The monoisotopic (exact) mass is 307 g/mol. The first-order valence-corrected chi connectivity index (χ1v) is 5.83. The molecule has 1 amide bonds. The molecule has 2 N–H and O–H groups in total. The molecule has 0 aliphatic heterocycles. The van der Waals surface area contributed by atoms with Crippen molar-refractivity contribution in [3.63, 3.8) is 0 Å². The second-order valence-corrected chi connectivity index (χ2v) is 4.46. The molecule has 4 nitrogen and oxygen atoms in total. The van der Waals surface area contributed by atoms with Crippen LogP contribution in [0.2, 0.25) is 5.02 Å². The average Bonchev–Trinajstić information content (AvgIpc) is 2.32. The molecule has 1 rings (SSSR count). The Bertz CT molecular complexity index is 540. The van der Waals surface area contributed by atoms with Gasteiger partial charge in [-0.25, -0.2) is 4.79 Å². The fourth-order valence-corrected chi connectivity index (χ4v) is 1.50. The van der Waals surface area contributed by atoms with Gasteiger partial charge in [-0.1, -0.05) is 40.9 Å². The lowest BCUT2D eigenvalue weighted by Gasteiger charge is -2.09. The normalized spacial score (nSPS) is 11.8. The topological polar surface area (TPSA) is 66.4 Å². The number of hydrogen-bond donors (Lipinski definition) is 2. The summed E-state index contributed by atoms with van der Waals surface area (Å²) in [6.07, 6.45) is 0. The Morgan fingerprint density at radius 2 is 1.83 bits per heavy atom. The van der Waals surface area contributed by atoms with Crippen LogP contribution in [0.15, 0.2) is 28.3 Å². The lowest BCUT2D eigenvalue weighted by Crippen LogP contribution is -2.15. The van der Waals surface area contributed by atoms with Crippen molar-refractivity contribution < 1.29 is 14.7 Å². The smallest absolute Gasteiger partial charge is 0.349 e. The summed E-state index contributed by atoms with van der Waals surface area (Å²) in [6.45, 7) is 1.70. The maximum absolute atomic E-state index is 11.6. The summed E-state index contributed by atoms with van der Waals surface area (Å²) in [6, 6.07) is 4.91. The quantitative estimate of drug-likeness (QED) is 0.841. The molecule has 0 fully saturated rings. The van der Waals surface area contributed by atoms with Crippen molar-refractivity contribution in [2.24, 2.45) is 0 Å². The number of rotatable bonds is 3. The predicted octanol–water partition coefficient (Wildman–Crippen LogP) is 3.36. The van der Waals surface area contributed by atoms with Crippen molar-refractivity contribution in [3.05, 3.63) is 38.8 Å². The largest absolute Gasteiger partial charge is 0.477 e. The zero-order chi connectivity index (χ0) is 13.9. The summed E-state index contributed by atoms with van der Waals surface area (Å²) in [4.78, 5) is 22.2. The highest BCUT2D eigenvalue weighted by molar-refractivity contribution is 6.54. The van der Waals surface area contributed by atoms with Gasteiger partial charge in [0.25, 0.3) is 5.91 Å². The maximum Gasteiger partial charge on any atom is 0.349 e. The molecular weight excluding hydrogens is 300 g/mol. The van der Waals surface area contributed by atoms with E-state index in [4.69, 9.17) is 39.9 Å². The fraction of sp³-hybridized carbons (Fsp3) is 0.0909. The number of nitrogens with one attached hydrogen (secondary N) is 1. The maximum atomic E-state index is 11.6. The first-order valence-electron chi connectivity index (χ1n) is 4.69. The molecule has 96 valence electrons. The molecule has 1 aromatic carbocycles. The lowest BCUT2D eigenvalue weighted by molar-refractivity contribution is -0.132. The summed E-state index contributed by atoms with van der Waals surface area (Å²) in [5.74, 6) is -2.28. The molecule has 18 heavy (non-hydrogen) atoms. The second-order valence-electron chi connectivity index (χ2n) is 3.30. The summed E-state index contributed by atoms with van der Waals surface area (Å²) >= 11 is 16.8. The minimum absolute atomic E-state index is 0.431. The molecule has 0 unspecified atom stereocenters. The molecule has 7 heteroatoms. The Hall–Kier alpha value is -1.23. The number of carboxylic acid groups (broad SMARTS) is 1. The SMILES string of the molecule is Cc1c(Cl)cccc1NC(=O)/C(Cl)=C(/Cl)C(=O)O. The molecule has 0 aliphatic carbocycles. The molecule has 0 aliphatic rings. The van der Waals surface area contributed by atoms with Crippen LogP contribution < -0.4 is 5.32 Å². The van der Waals surface area contributed by atoms with E-state index in [-0.39, 0.29) is 0 Å². The number of hydrogen-bond acceptors (Lipinski definition) is 2. The first kappa shape index (κ1) is 14.8. The molecule has 1 aromatic rings. The third kappa shape index (κ3) is 3.38. The number of carboxylic acids is 1. The van der Waals surface area contributed by atoms with E-state index in [1.165, 1.54) is 0 Å². The number of carbonyl (C=O) groups is 2. The van der Waals surface area contributed by atoms with Gasteiger partial charge in [0, 0.05) is 10.7 Å². The molecule has 0 radical (unpaired) electrons. The van der Waals surface area contributed by atoms with Gasteiger partial charge in [0.15, 0.2) is 0 Å². The van der Waals surface area contributed by atoms with E-state index in [9.17, 15) is 9.59 Å². The third-order valence-electron chi connectivity index (χ3n) is 2.10. The minimum Gasteiger partial charge on any atom is -0.477 e. The molecule has 0 heterocycles. The summed E-state index contributed by atoms with van der Waals surface area (Å²) < 4.78 is 0. The van der Waals surface area contributed by atoms with Gasteiger partial charge in [-0.15, -0.1) is 0 Å². The number of carbonyl (C=O) groups excluding carboxylic acids is 1. The highest BCUT2D eigenvalue weighted by Gasteiger charge is 2.18. The Morgan fingerprint density at radius 3 is 2.39 bits per heavy atom. The van der Waals surface area contributed by atoms with Crippen molar-refractivity contribution in [1.82, 2.24) is 0 Å². The van der Waals surface area contributed by atoms with Crippen LogP contribution in [0.1, 0.15) is 5.56 Å². The van der Waals surface area contributed by atoms with Crippen LogP contribution in [-0.2, 0) is 9.59 Å². The fourth-order valence-electron chi connectivity index (χ4n) is 1.11. The standard InChI is InChI=1S/C11H8Cl3NO3/c1-5-6(12)3-2-4-7(5)15-10(16)8(13)9(14)11(17)18/h2-4H,1H3,(H,15,16)(H,17,18)/b9-8-. The van der Waals surface area contributed by atoms with Crippen LogP contribution in [0, 0.1) is 6.92 Å². The predicted molar refractivity (Wildman–Crippen MR) is 71.2 cm³/mol. The van der Waals surface area contributed by atoms with E-state index in [0.29, 0.717) is 16.3 Å². The molecule has 0 bridgehead atoms. The average molecular weight is 309 g/mol. The van der Waals surface area contributed by atoms with Gasteiger partial charge >= 0.3 is 5.97 Å². The molecule has 0 atom stereocenters. The molecule has 0 aromatic heterocycles. The Morgan fingerprint density at radius 1 is 1.22 bits per heavy atom. The van der Waals surface area contributed by atoms with E-state index in [0.717, 1.165) is 0 Å². The number of amides is 1. The van der Waals surface area contributed by atoms with Gasteiger partial charge in [-0.3, -0.25) is 4.79 Å². The van der Waals surface area contributed by atoms with Gasteiger partial charge in [0.2, 0.25) is 0 Å². The van der Waals surface area contributed by atoms with E-state index >= 15 is 0 Å². The minimum atomic E-state index is -1.47. The Labute approximate surface area is 118 Å². The van der Waals surface area contributed by atoms with Crippen molar-refractivity contribution in [2.75, 3.05) is 5.32 Å². The van der Waals surface area contributed by atoms with Crippen LogP contribution >= 0.6 is 34.8 Å². The Balaban J connectivity index is 2.99. The van der Waals surface area contributed by atoms with Crippen molar-refractivity contribution >= 4 is 52.4 Å². The number of benzene rings is 1.